The van der Waals surface area contributed by atoms with Gasteiger partial charge in [0.1, 0.15) is 6.54 Å². The molecule has 5 nitrogen and oxygen atoms in total. The Kier molecular flexibility index (Phi) is 8.23. The smallest absolute Gasteiger partial charge is 0.305 e. The van der Waals surface area contributed by atoms with Crippen molar-refractivity contribution in [2.45, 2.75) is 25.8 Å². The summed E-state index contributed by atoms with van der Waals surface area (Å²) in [7, 11) is 1.40. The van der Waals surface area contributed by atoms with Crippen LogP contribution >= 0.6 is 0 Å². The molecule has 0 atom stereocenters. The van der Waals surface area contributed by atoms with Crippen LogP contribution in [0.5, 0.6) is 0 Å². The first-order valence-electron chi connectivity index (χ1n) is 10.4. The van der Waals surface area contributed by atoms with Gasteiger partial charge < -0.3 is 14.6 Å². The van der Waals surface area contributed by atoms with Crippen LogP contribution in [0.3, 0.4) is 0 Å². The molecule has 31 heavy (non-hydrogen) atoms. The number of hydrogen-bond acceptors (Lipinski definition) is 3. The van der Waals surface area contributed by atoms with E-state index >= 15 is 0 Å². The van der Waals surface area contributed by atoms with E-state index < -0.39 is 0 Å². The number of carbonyl (C=O) groups is 2. The second-order valence-electron chi connectivity index (χ2n) is 7.31. The highest BCUT2D eigenvalue weighted by Gasteiger charge is 2.08. The maximum atomic E-state index is 12.3. The summed E-state index contributed by atoms with van der Waals surface area (Å²) in [6.07, 6.45) is 7.61. The van der Waals surface area contributed by atoms with Gasteiger partial charge in [0, 0.05) is 25.4 Å². The van der Waals surface area contributed by atoms with Gasteiger partial charge >= 0.3 is 5.97 Å². The van der Waals surface area contributed by atoms with Crippen molar-refractivity contribution in [2.24, 2.45) is 0 Å². The molecule has 3 rings (SSSR count). The lowest BCUT2D eigenvalue weighted by Gasteiger charge is -2.08. The van der Waals surface area contributed by atoms with Crippen LogP contribution in [0.4, 0.5) is 0 Å². The van der Waals surface area contributed by atoms with Gasteiger partial charge in [-0.25, -0.2) is 0 Å². The Morgan fingerprint density at radius 2 is 1.68 bits per heavy atom. The topological polar surface area (TPSA) is 60.3 Å². The van der Waals surface area contributed by atoms with Gasteiger partial charge in [-0.1, -0.05) is 60.7 Å². The second kappa shape index (κ2) is 11.6. The number of methoxy groups -OCH3 is 1. The molecule has 0 aliphatic rings. The van der Waals surface area contributed by atoms with Crippen LogP contribution in [0.2, 0.25) is 0 Å². The third-order valence-electron chi connectivity index (χ3n) is 4.99. The molecular formula is C26H28N2O3. The van der Waals surface area contributed by atoms with E-state index in [0.717, 1.165) is 23.1 Å². The molecule has 0 aliphatic carbocycles. The zero-order valence-corrected chi connectivity index (χ0v) is 17.8. The molecule has 0 spiro atoms. The molecule has 1 amide bonds. The first-order chi connectivity index (χ1) is 15.1. The fraction of sp³-hybridized carbons (Fsp3) is 0.231. The van der Waals surface area contributed by atoms with Crippen molar-refractivity contribution in [2.75, 3.05) is 13.7 Å². The second-order valence-corrected chi connectivity index (χ2v) is 7.31. The maximum Gasteiger partial charge on any atom is 0.305 e. The van der Waals surface area contributed by atoms with Crippen LogP contribution < -0.4 is 5.32 Å². The van der Waals surface area contributed by atoms with Crippen molar-refractivity contribution < 1.29 is 14.3 Å². The molecule has 0 fully saturated rings. The van der Waals surface area contributed by atoms with Crippen molar-refractivity contribution in [1.29, 1.82) is 0 Å². The van der Waals surface area contributed by atoms with Crippen LogP contribution in [-0.2, 0) is 27.3 Å². The summed E-state index contributed by atoms with van der Waals surface area (Å²) >= 11 is 0. The van der Waals surface area contributed by atoms with E-state index in [4.69, 9.17) is 4.74 Å². The SMILES string of the molecule is COC(=O)CCC(=Cc1ccn(CC(=O)NCCc2ccccc2)c1)c1ccccc1. The number of nitrogens with zero attached hydrogens (tertiary/aromatic N) is 1. The van der Waals surface area contributed by atoms with E-state index in [1.807, 2.05) is 71.6 Å². The van der Waals surface area contributed by atoms with Gasteiger partial charge in [-0.2, -0.15) is 0 Å². The number of amides is 1. The number of esters is 1. The molecule has 0 saturated carbocycles. The van der Waals surface area contributed by atoms with E-state index in [2.05, 4.69) is 23.5 Å². The van der Waals surface area contributed by atoms with Gasteiger partial charge in [-0.05, 0) is 47.2 Å². The minimum Gasteiger partial charge on any atom is -0.469 e. The molecule has 5 heteroatoms. The molecule has 0 bridgehead atoms. The zero-order chi connectivity index (χ0) is 21.9. The van der Waals surface area contributed by atoms with E-state index in [-0.39, 0.29) is 18.4 Å². The summed E-state index contributed by atoms with van der Waals surface area (Å²) in [6, 6.07) is 22.1. The molecule has 0 saturated heterocycles. The highest BCUT2D eigenvalue weighted by atomic mass is 16.5. The minimum absolute atomic E-state index is 0.0176. The summed E-state index contributed by atoms with van der Waals surface area (Å²) in [4.78, 5) is 23.9. The summed E-state index contributed by atoms with van der Waals surface area (Å²) in [5.74, 6) is -0.248. The van der Waals surface area contributed by atoms with E-state index in [9.17, 15) is 9.59 Å². The Bertz CT molecular complexity index is 1010. The van der Waals surface area contributed by atoms with Crippen LogP contribution in [0.15, 0.2) is 79.1 Å². The van der Waals surface area contributed by atoms with Gasteiger partial charge in [-0.15, -0.1) is 0 Å². The first-order valence-corrected chi connectivity index (χ1v) is 10.4. The van der Waals surface area contributed by atoms with Crippen molar-refractivity contribution in [3.8, 4) is 0 Å². The van der Waals surface area contributed by atoms with E-state index in [1.54, 1.807) is 0 Å². The van der Waals surface area contributed by atoms with Gasteiger partial charge in [0.15, 0.2) is 0 Å². The number of carbonyl (C=O) groups excluding carboxylic acids is 2. The molecule has 160 valence electrons. The summed E-state index contributed by atoms with van der Waals surface area (Å²) in [5, 5.41) is 2.97. The standard InChI is InChI=1S/C26H28N2O3/c1-31-26(30)13-12-24(23-10-6-3-7-11-23)18-22-15-17-28(19-22)20-25(29)27-16-14-21-8-4-2-5-9-21/h2-11,15,17-19H,12-14,16,20H2,1H3,(H,27,29). The number of allylic oxidation sites excluding steroid dienone is 1. The lowest BCUT2D eigenvalue weighted by Crippen LogP contribution is -2.29. The van der Waals surface area contributed by atoms with Gasteiger partial charge in [-0.3, -0.25) is 9.59 Å². The molecular weight excluding hydrogens is 388 g/mol. The van der Waals surface area contributed by atoms with Gasteiger partial charge in [0.25, 0.3) is 0 Å². The van der Waals surface area contributed by atoms with E-state index in [0.29, 0.717) is 19.4 Å². The number of nitrogens with one attached hydrogen (secondary N) is 1. The highest BCUT2D eigenvalue weighted by molar-refractivity contribution is 5.83. The zero-order valence-electron chi connectivity index (χ0n) is 17.8. The van der Waals surface area contributed by atoms with Crippen LogP contribution in [0.25, 0.3) is 11.6 Å². The number of ether oxygens (including phenoxy) is 1. The molecule has 1 heterocycles. The van der Waals surface area contributed by atoms with Crippen molar-refractivity contribution in [3.63, 3.8) is 0 Å². The summed E-state index contributed by atoms with van der Waals surface area (Å²) in [6.45, 7) is 0.883. The largest absolute Gasteiger partial charge is 0.469 e. The molecule has 0 aliphatic heterocycles. The van der Waals surface area contributed by atoms with Crippen LogP contribution in [0, 0.1) is 0 Å². The molecule has 1 N–H and O–H groups in total. The third-order valence-corrected chi connectivity index (χ3v) is 4.99. The lowest BCUT2D eigenvalue weighted by atomic mass is 9.99. The Morgan fingerprint density at radius 1 is 0.968 bits per heavy atom. The maximum absolute atomic E-state index is 12.3. The minimum atomic E-state index is -0.230. The quantitative estimate of drug-likeness (QED) is 0.500. The van der Waals surface area contributed by atoms with Crippen LogP contribution in [-0.4, -0.2) is 30.1 Å². The summed E-state index contributed by atoms with van der Waals surface area (Å²) in [5.41, 5.74) is 4.31. The monoisotopic (exact) mass is 416 g/mol. The Hall–Kier alpha value is -3.60. The molecule has 0 unspecified atom stereocenters. The Balaban J connectivity index is 1.59. The first kappa shape index (κ1) is 22.1. The van der Waals surface area contributed by atoms with Crippen molar-refractivity contribution in [3.05, 3.63) is 95.8 Å². The number of hydrogen-bond donors (Lipinski definition) is 1. The Labute approximate surface area is 183 Å². The molecule has 1 aromatic heterocycles. The Morgan fingerprint density at radius 3 is 2.39 bits per heavy atom. The lowest BCUT2D eigenvalue weighted by molar-refractivity contribution is -0.140. The number of benzene rings is 2. The molecule has 3 aromatic rings. The van der Waals surface area contributed by atoms with Gasteiger partial charge in [0.05, 0.1) is 7.11 Å². The fourth-order valence-electron chi connectivity index (χ4n) is 3.35. The highest BCUT2D eigenvalue weighted by Crippen LogP contribution is 2.23. The fourth-order valence-corrected chi connectivity index (χ4v) is 3.35. The molecule has 0 radical (unpaired) electrons. The van der Waals surface area contributed by atoms with Crippen molar-refractivity contribution >= 4 is 23.5 Å². The normalized spacial score (nSPS) is 11.2. The van der Waals surface area contributed by atoms with Crippen molar-refractivity contribution in [1.82, 2.24) is 9.88 Å². The average Bonchev–Trinajstić information content (AvgIpc) is 3.24. The number of aromatic nitrogens is 1. The summed E-state index contributed by atoms with van der Waals surface area (Å²) < 4.78 is 6.65. The predicted molar refractivity (Wildman–Crippen MR) is 123 cm³/mol. The van der Waals surface area contributed by atoms with Crippen LogP contribution in [0.1, 0.15) is 29.5 Å². The predicted octanol–water partition coefficient (Wildman–Crippen LogP) is 4.34. The van der Waals surface area contributed by atoms with Gasteiger partial charge in [0.2, 0.25) is 5.91 Å². The average molecular weight is 417 g/mol. The van der Waals surface area contributed by atoms with E-state index in [1.165, 1.54) is 12.7 Å². The third kappa shape index (κ3) is 7.30. The number of rotatable bonds is 10. The molecule has 2 aromatic carbocycles.